The van der Waals surface area contributed by atoms with Crippen molar-refractivity contribution in [2.45, 2.75) is 39.2 Å². The normalized spacial score (nSPS) is 15.6. The van der Waals surface area contributed by atoms with Crippen molar-refractivity contribution < 1.29 is 14.6 Å². The SMILES string of the molecule is CCC(C)CC(CC(=O)O)OC. The zero-order chi connectivity index (χ0) is 9.56. The van der Waals surface area contributed by atoms with Crippen LogP contribution in [0.15, 0.2) is 0 Å². The molecule has 0 heterocycles. The highest BCUT2D eigenvalue weighted by Gasteiger charge is 2.14. The lowest BCUT2D eigenvalue weighted by Gasteiger charge is -2.16. The van der Waals surface area contributed by atoms with E-state index >= 15 is 0 Å². The second-order valence-corrected chi connectivity index (χ2v) is 3.20. The second-order valence-electron chi connectivity index (χ2n) is 3.20. The van der Waals surface area contributed by atoms with Gasteiger partial charge in [0, 0.05) is 7.11 Å². The van der Waals surface area contributed by atoms with E-state index in [-0.39, 0.29) is 12.5 Å². The fourth-order valence-corrected chi connectivity index (χ4v) is 1.07. The van der Waals surface area contributed by atoms with E-state index in [0.717, 1.165) is 12.8 Å². The molecule has 12 heavy (non-hydrogen) atoms. The van der Waals surface area contributed by atoms with Crippen molar-refractivity contribution in [3.63, 3.8) is 0 Å². The Morgan fingerprint density at radius 3 is 2.50 bits per heavy atom. The lowest BCUT2D eigenvalue weighted by atomic mass is 9.99. The highest BCUT2D eigenvalue weighted by molar-refractivity contribution is 5.67. The minimum Gasteiger partial charge on any atom is -0.481 e. The first kappa shape index (κ1) is 11.4. The second kappa shape index (κ2) is 6.00. The third kappa shape index (κ3) is 5.13. The molecule has 0 aliphatic rings. The first-order valence-corrected chi connectivity index (χ1v) is 4.34. The van der Waals surface area contributed by atoms with E-state index < -0.39 is 5.97 Å². The van der Waals surface area contributed by atoms with Gasteiger partial charge in [0.25, 0.3) is 0 Å². The first-order valence-electron chi connectivity index (χ1n) is 4.34. The largest absolute Gasteiger partial charge is 0.481 e. The molecule has 72 valence electrons. The lowest BCUT2D eigenvalue weighted by molar-refractivity contribution is -0.140. The van der Waals surface area contributed by atoms with Crippen molar-refractivity contribution in [3.8, 4) is 0 Å². The van der Waals surface area contributed by atoms with Gasteiger partial charge in [0.2, 0.25) is 0 Å². The maximum atomic E-state index is 10.4. The molecule has 0 aromatic heterocycles. The molecule has 0 radical (unpaired) electrons. The fourth-order valence-electron chi connectivity index (χ4n) is 1.07. The number of carboxylic acids is 1. The molecule has 0 aromatic carbocycles. The van der Waals surface area contributed by atoms with E-state index in [1.165, 1.54) is 0 Å². The monoisotopic (exact) mass is 174 g/mol. The van der Waals surface area contributed by atoms with Crippen molar-refractivity contribution in [1.82, 2.24) is 0 Å². The van der Waals surface area contributed by atoms with Crippen LogP contribution in [0.1, 0.15) is 33.1 Å². The Morgan fingerprint density at radius 2 is 2.17 bits per heavy atom. The highest BCUT2D eigenvalue weighted by Crippen LogP contribution is 2.14. The molecular weight excluding hydrogens is 156 g/mol. The van der Waals surface area contributed by atoms with Gasteiger partial charge in [-0.2, -0.15) is 0 Å². The predicted octanol–water partition coefficient (Wildman–Crippen LogP) is 1.91. The van der Waals surface area contributed by atoms with E-state index in [0.29, 0.717) is 5.92 Å². The third-order valence-electron chi connectivity index (χ3n) is 2.10. The van der Waals surface area contributed by atoms with Crippen molar-refractivity contribution in [2.24, 2.45) is 5.92 Å². The maximum absolute atomic E-state index is 10.4. The molecule has 3 heteroatoms. The summed E-state index contributed by atoms with van der Waals surface area (Å²) in [6, 6.07) is 0. The standard InChI is InChI=1S/C9H18O3/c1-4-7(2)5-8(12-3)6-9(10)11/h7-8H,4-6H2,1-3H3,(H,10,11). The molecule has 0 aliphatic heterocycles. The van der Waals surface area contributed by atoms with Gasteiger partial charge >= 0.3 is 5.97 Å². The molecule has 0 aliphatic carbocycles. The van der Waals surface area contributed by atoms with Gasteiger partial charge in [0.1, 0.15) is 0 Å². The molecule has 0 bridgehead atoms. The molecule has 2 unspecified atom stereocenters. The number of rotatable bonds is 6. The van der Waals surface area contributed by atoms with Gasteiger partial charge < -0.3 is 9.84 Å². The Labute approximate surface area is 73.7 Å². The van der Waals surface area contributed by atoms with E-state index in [9.17, 15) is 4.79 Å². The van der Waals surface area contributed by atoms with Crippen LogP contribution in [0.25, 0.3) is 0 Å². The number of hydrogen-bond acceptors (Lipinski definition) is 2. The van der Waals surface area contributed by atoms with Crippen molar-refractivity contribution in [2.75, 3.05) is 7.11 Å². The Morgan fingerprint density at radius 1 is 1.58 bits per heavy atom. The molecule has 0 aromatic rings. The van der Waals surface area contributed by atoms with Gasteiger partial charge in [-0.15, -0.1) is 0 Å². The Balaban J connectivity index is 3.74. The Bertz CT molecular complexity index is 134. The molecule has 0 saturated heterocycles. The van der Waals surface area contributed by atoms with E-state index in [4.69, 9.17) is 9.84 Å². The Kier molecular flexibility index (Phi) is 5.72. The minimum absolute atomic E-state index is 0.112. The number of methoxy groups -OCH3 is 1. The minimum atomic E-state index is -0.787. The molecule has 2 atom stereocenters. The molecule has 0 spiro atoms. The number of hydrogen-bond donors (Lipinski definition) is 1. The number of carbonyl (C=O) groups is 1. The number of ether oxygens (including phenoxy) is 1. The van der Waals surface area contributed by atoms with Gasteiger partial charge in [-0.1, -0.05) is 20.3 Å². The molecule has 0 amide bonds. The van der Waals surface area contributed by atoms with Crippen LogP contribution in [0.2, 0.25) is 0 Å². The average molecular weight is 174 g/mol. The van der Waals surface area contributed by atoms with Gasteiger partial charge in [-0.3, -0.25) is 4.79 Å². The van der Waals surface area contributed by atoms with Crippen LogP contribution in [0.5, 0.6) is 0 Å². The molecular formula is C9H18O3. The van der Waals surface area contributed by atoms with Crippen molar-refractivity contribution in [3.05, 3.63) is 0 Å². The van der Waals surface area contributed by atoms with Crippen LogP contribution < -0.4 is 0 Å². The van der Waals surface area contributed by atoms with Gasteiger partial charge in [0.15, 0.2) is 0 Å². The summed E-state index contributed by atoms with van der Waals surface area (Å²) in [4.78, 5) is 10.4. The molecule has 3 nitrogen and oxygen atoms in total. The van der Waals surface area contributed by atoms with Crippen LogP contribution in [-0.4, -0.2) is 24.3 Å². The summed E-state index contributed by atoms with van der Waals surface area (Å²) in [6.45, 7) is 4.20. The van der Waals surface area contributed by atoms with Gasteiger partial charge in [-0.05, 0) is 12.3 Å². The van der Waals surface area contributed by atoms with Gasteiger partial charge in [0.05, 0.1) is 12.5 Å². The smallest absolute Gasteiger partial charge is 0.305 e. The predicted molar refractivity (Wildman–Crippen MR) is 47.1 cm³/mol. The van der Waals surface area contributed by atoms with Crippen LogP contribution in [0, 0.1) is 5.92 Å². The summed E-state index contributed by atoms with van der Waals surface area (Å²) < 4.78 is 5.05. The van der Waals surface area contributed by atoms with Crippen LogP contribution in [-0.2, 0) is 9.53 Å². The molecule has 0 saturated carbocycles. The molecule has 1 N–H and O–H groups in total. The third-order valence-corrected chi connectivity index (χ3v) is 2.10. The van der Waals surface area contributed by atoms with E-state index in [2.05, 4.69) is 13.8 Å². The summed E-state index contributed by atoms with van der Waals surface area (Å²) >= 11 is 0. The number of aliphatic carboxylic acids is 1. The van der Waals surface area contributed by atoms with E-state index in [1.54, 1.807) is 7.11 Å². The Hall–Kier alpha value is -0.570. The van der Waals surface area contributed by atoms with Crippen LogP contribution in [0.4, 0.5) is 0 Å². The molecule has 0 fully saturated rings. The topological polar surface area (TPSA) is 46.5 Å². The fraction of sp³-hybridized carbons (Fsp3) is 0.889. The summed E-state index contributed by atoms with van der Waals surface area (Å²) in [6.07, 6.45) is 1.89. The van der Waals surface area contributed by atoms with Gasteiger partial charge in [-0.25, -0.2) is 0 Å². The first-order chi connectivity index (χ1) is 5.60. The highest BCUT2D eigenvalue weighted by atomic mass is 16.5. The lowest BCUT2D eigenvalue weighted by Crippen LogP contribution is -2.18. The summed E-state index contributed by atoms with van der Waals surface area (Å²) in [5.41, 5.74) is 0. The molecule has 0 rings (SSSR count). The van der Waals surface area contributed by atoms with Crippen LogP contribution in [0.3, 0.4) is 0 Å². The van der Waals surface area contributed by atoms with Crippen molar-refractivity contribution >= 4 is 5.97 Å². The van der Waals surface area contributed by atoms with Crippen molar-refractivity contribution in [1.29, 1.82) is 0 Å². The number of carboxylic acid groups (broad SMARTS) is 1. The average Bonchev–Trinajstić information content (AvgIpc) is 2.02. The summed E-state index contributed by atoms with van der Waals surface area (Å²) in [5.74, 6) is -0.251. The van der Waals surface area contributed by atoms with E-state index in [1.807, 2.05) is 0 Å². The summed E-state index contributed by atoms with van der Waals surface area (Å²) in [5, 5.41) is 8.52. The summed E-state index contributed by atoms with van der Waals surface area (Å²) in [7, 11) is 1.57. The maximum Gasteiger partial charge on any atom is 0.305 e. The zero-order valence-corrected chi connectivity index (χ0v) is 8.04. The zero-order valence-electron chi connectivity index (χ0n) is 8.04. The van der Waals surface area contributed by atoms with Crippen LogP contribution >= 0.6 is 0 Å². The quantitative estimate of drug-likeness (QED) is 0.669.